The molecular formula is C14H11BrClNO. The number of nitrogens with one attached hydrogen (secondary N) is 1. The zero-order chi connectivity index (χ0) is 13.1. The van der Waals surface area contributed by atoms with Gasteiger partial charge in [0.05, 0.1) is 10.7 Å². The molecule has 0 saturated carbocycles. The van der Waals surface area contributed by atoms with Crippen LogP contribution in [-0.2, 0) is 0 Å². The van der Waals surface area contributed by atoms with E-state index in [-0.39, 0.29) is 5.78 Å². The minimum Gasteiger partial charge on any atom is -0.387 e. The molecule has 0 amide bonds. The molecule has 1 N–H and O–H groups in total. The summed E-state index contributed by atoms with van der Waals surface area (Å²) in [6.45, 7) is 0. The van der Waals surface area contributed by atoms with Crippen molar-refractivity contribution in [2.24, 2.45) is 0 Å². The van der Waals surface area contributed by atoms with Crippen LogP contribution in [0.2, 0.25) is 5.02 Å². The van der Waals surface area contributed by atoms with Gasteiger partial charge < -0.3 is 5.32 Å². The number of ketones is 1. The smallest absolute Gasteiger partial charge is 0.196 e. The first-order valence-electron chi connectivity index (χ1n) is 5.40. The second-order valence-corrected chi connectivity index (χ2v) is 4.98. The fourth-order valence-corrected chi connectivity index (χ4v) is 2.54. The molecule has 0 fully saturated rings. The van der Waals surface area contributed by atoms with Gasteiger partial charge in [0.2, 0.25) is 0 Å². The van der Waals surface area contributed by atoms with Gasteiger partial charge in [0.25, 0.3) is 0 Å². The van der Waals surface area contributed by atoms with Gasteiger partial charge >= 0.3 is 0 Å². The first-order chi connectivity index (χ1) is 8.65. The third kappa shape index (κ3) is 2.42. The van der Waals surface area contributed by atoms with Crippen LogP contribution in [0.25, 0.3) is 0 Å². The topological polar surface area (TPSA) is 29.1 Å². The second kappa shape index (κ2) is 5.55. The Morgan fingerprint density at radius 3 is 2.44 bits per heavy atom. The summed E-state index contributed by atoms with van der Waals surface area (Å²) in [5.74, 6) is -0.0914. The van der Waals surface area contributed by atoms with Crippen LogP contribution < -0.4 is 5.32 Å². The van der Waals surface area contributed by atoms with Crippen LogP contribution in [0.1, 0.15) is 15.9 Å². The molecule has 0 heterocycles. The molecule has 0 unspecified atom stereocenters. The minimum atomic E-state index is -0.0914. The summed E-state index contributed by atoms with van der Waals surface area (Å²) in [7, 11) is 1.78. The fraction of sp³-hybridized carbons (Fsp3) is 0.0714. The summed E-state index contributed by atoms with van der Waals surface area (Å²) in [6, 6.07) is 12.5. The van der Waals surface area contributed by atoms with Gasteiger partial charge in [-0.05, 0) is 40.2 Å². The number of halogens is 2. The van der Waals surface area contributed by atoms with Crippen LogP contribution in [-0.4, -0.2) is 12.8 Å². The highest BCUT2D eigenvalue weighted by atomic mass is 79.9. The van der Waals surface area contributed by atoms with Gasteiger partial charge in [-0.25, -0.2) is 0 Å². The Morgan fingerprint density at radius 2 is 1.78 bits per heavy atom. The van der Waals surface area contributed by atoms with Gasteiger partial charge in [0.1, 0.15) is 0 Å². The summed E-state index contributed by atoms with van der Waals surface area (Å²) in [4.78, 5) is 12.5. The Labute approximate surface area is 119 Å². The van der Waals surface area contributed by atoms with Crippen molar-refractivity contribution < 1.29 is 4.79 Å². The van der Waals surface area contributed by atoms with Crippen molar-refractivity contribution in [3.05, 3.63) is 63.1 Å². The van der Waals surface area contributed by atoms with Crippen LogP contribution in [0.4, 0.5) is 5.69 Å². The molecule has 0 aromatic heterocycles. The third-order valence-electron chi connectivity index (χ3n) is 2.63. The number of hydrogen-bond acceptors (Lipinski definition) is 2. The normalized spacial score (nSPS) is 10.2. The largest absolute Gasteiger partial charge is 0.387 e. The van der Waals surface area contributed by atoms with E-state index in [1.54, 1.807) is 37.4 Å². The maximum atomic E-state index is 12.5. The van der Waals surface area contributed by atoms with Crippen LogP contribution in [0.5, 0.6) is 0 Å². The average molecular weight is 325 g/mol. The van der Waals surface area contributed by atoms with Crippen molar-refractivity contribution in [2.75, 3.05) is 12.4 Å². The van der Waals surface area contributed by atoms with Crippen LogP contribution in [0, 0.1) is 0 Å². The van der Waals surface area contributed by atoms with Gasteiger partial charge in [-0.3, -0.25) is 4.79 Å². The maximum absolute atomic E-state index is 12.5. The van der Waals surface area contributed by atoms with E-state index < -0.39 is 0 Å². The highest BCUT2D eigenvalue weighted by Crippen LogP contribution is 2.29. The molecule has 0 aliphatic rings. The van der Waals surface area contributed by atoms with Gasteiger partial charge in [-0.1, -0.05) is 29.8 Å². The number of anilines is 1. The number of carbonyl (C=O) groups excluding carboxylic acids is 1. The zero-order valence-corrected chi connectivity index (χ0v) is 12.0. The standard InChI is InChI=1S/C14H11BrClNO/c1-17-13-10(6-4-7-11(13)15)14(18)9-5-2-3-8-12(9)16/h2-8,17H,1H3. The van der Waals surface area contributed by atoms with Crippen LogP contribution >= 0.6 is 27.5 Å². The predicted octanol–water partition coefficient (Wildman–Crippen LogP) is 4.38. The quantitative estimate of drug-likeness (QED) is 0.849. The van der Waals surface area contributed by atoms with Crippen molar-refractivity contribution in [3.63, 3.8) is 0 Å². The minimum absolute atomic E-state index is 0.0914. The zero-order valence-electron chi connectivity index (χ0n) is 9.71. The molecule has 2 aromatic carbocycles. The molecule has 2 nitrogen and oxygen atoms in total. The SMILES string of the molecule is CNc1c(Br)cccc1C(=O)c1ccccc1Cl. The first kappa shape index (κ1) is 13.1. The number of rotatable bonds is 3. The first-order valence-corrected chi connectivity index (χ1v) is 6.57. The van der Waals surface area contributed by atoms with E-state index >= 15 is 0 Å². The molecule has 18 heavy (non-hydrogen) atoms. The van der Waals surface area contributed by atoms with E-state index in [4.69, 9.17) is 11.6 Å². The number of hydrogen-bond donors (Lipinski definition) is 1. The molecule has 0 bridgehead atoms. The average Bonchev–Trinajstić information content (AvgIpc) is 2.38. The molecule has 0 aliphatic carbocycles. The molecular weight excluding hydrogens is 314 g/mol. The molecule has 0 spiro atoms. The fourth-order valence-electron chi connectivity index (χ4n) is 1.76. The summed E-state index contributed by atoms with van der Waals surface area (Å²) in [5.41, 5.74) is 1.87. The number of benzene rings is 2. The van der Waals surface area contributed by atoms with E-state index in [2.05, 4.69) is 21.2 Å². The summed E-state index contributed by atoms with van der Waals surface area (Å²) in [6.07, 6.45) is 0. The van der Waals surface area contributed by atoms with Gasteiger partial charge in [-0.15, -0.1) is 0 Å². The molecule has 0 radical (unpaired) electrons. The lowest BCUT2D eigenvalue weighted by Gasteiger charge is -2.10. The van der Waals surface area contributed by atoms with Crippen LogP contribution in [0.3, 0.4) is 0 Å². The van der Waals surface area contributed by atoms with E-state index in [0.717, 1.165) is 10.2 Å². The molecule has 2 aromatic rings. The van der Waals surface area contributed by atoms with Crippen molar-refractivity contribution in [1.82, 2.24) is 0 Å². The van der Waals surface area contributed by atoms with E-state index in [0.29, 0.717) is 16.1 Å². The van der Waals surface area contributed by atoms with E-state index in [1.165, 1.54) is 0 Å². The third-order valence-corrected chi connectivity index (χ3v) is 3.62. The Balaban J connectivity index is 2.54. The number of carbonyl (C=O) groups is 1. The Hall–Kier alpha value is -1.32. The molecule has 92 valence electrons. The highest BCUT2D eigenvalue weighted by molar-refractivity contribution is 9.10. The lowest BCUT2D eigenvalue weighted by molar-refractivity contribution is 0.103. The van der Waals surface area contributed by atoms with Crippen molar-refractivity contribution in [2.45, 2.75) is 0 Å². The summed E-state index contributed by atoms with van der Waals surface area (Å²) < 4.78 is 0.850. The Bertz CT molecular complexity index is 598. The van der Waals surface area contributed by atoms with Gasteiger partial charge in [0.15, 0.2) is 5.78 Å². The highest BCUT2D eigenvalue weighted by Gasteiger charge is 2.16. The second-order valence-electron chi connectivity index (χ2n) is 3.72. The summed E-state index contributed by atoms with van der Waals surface area (Å²) >= 11 is 9.47. The molecule has 4 heteroatoms. The van der Waals surface area contributed by atoms with Gasteiger partial charge in [0, 0.05) is 22.6 Å². The maximum Gasteiger partial charge on any atom is 0.196 e. The molecule has 0 saturated heterocycles. The van der Waals surface area contributed by atoms with Crippen molar-refractivity contribution in [3.8, 4) is 0 Å². The Morgan fingerprint density at radius 1 is 1.11 bits per heavy atom. The lowest BCUT2D eigenvalue weighted by Crippen LogP contribution is -2.06. The summed E-state index contributed by atoms with van der Waals surface area (Å²) in [5, 5.41) is 3.49. The molecule has 0 atom stereocenters. The monoisotopic (exact) mass is 323 g/mol. The van der Waals surface area contributed by atoms with Crippen LogP contribution in [0.15, 0.2) is 46.9 Å². The Kier molecular flexibility index (Phi) is 4.04. The number of para-hydroxylation sites is 1. The molecule has 2 rings (SSSR count). The van der Waals surface area contributed by atoms with E-state index in [9.17, 15) is 4.79 Å². The van der Waals surface area contributed by atoms with Crippen molar-refractivity contribution in [1.29, 1.82) is 0 Å². The lowest BCUT2D eigenvalue weighted by atomic mass is 10.0. The van der Waals surface area contributed by atoms with Crippen molar-refractivity contribution >= 4 is 39.0 Å². The van der Waals surface area contributed by atoms with Gasteiger partial charge in [-0.2, -0.15) is 0 Å². The van der Waals surface area contributed by atoms with E-state index in [1.807, 2.05) is 12.1 Å². The molecule has 0 aliphatic heterocycles. The predicted molar refractivity (Wildman–Crippen MR) is 78.6 cm³/mol.